The maximum absolute atomic E-state index is 11.9. The first-order valence-corrected chi connectivity index (χ1v) is 6.17. The van der Waals surface area contributed by atoms with E-state index in [1.165, 1.54) is 0 Å². The number of amides is 1. The Balaban J connectivity index is 2.25. The molecule has 0 bridgehead atoms. The third kappa shape index (κ3) is 1.69. The summed E-state index contributed by atoms with van der Waals surface area (Å²) in [6, 6.07) is 5.95. The van der Waals surface area contributed by atoms with Crippen molar-refractivity contribution in [1.82, 2.24) is 9.78 Å². The summed E-state index contributed by atoms with van der Waals surface area (Å²) < 4.78 is 1.64. The minimum atomic E-state index is 0.116. The molecule has 1 amide bonds. The molecule has 19 heavy (non-hydrogen) atoms. The van der Waals surface area contributed by atoms with E-state index in [1.54, 1.807) is 16.6 Å². The van der Waals surface area contributed by atoms with Crippen LogP contribution in [0.4, 0.5) is 11.5 Å². The van der Waals surface area contributed by atoms with Gasteiger partial charge in [0, 0.05) is 25.7 Å². The third-order valence-electron chi connectivity index (χ3n) is 3.58. The molecule has 0 radical (unpaired) electrons. The fourth-order valence-electron chi connectivity index (χ4n) is 2.60. The van der Waals surface area contributed by atoms with Gasteiger partial charge in [-0.1, -0.05) is 11.6 Å². The molecule has 1 aromatic carbocycles. The second-order valence-corrected chi connectivity index (χ2v) is 5.03. The van der Waals surface area contributed by atoms with E-state index < -0.39 is 0 Å². The van der Waals surface area contributed by atoms with Gasteiger partial charge in [-0.2, -0.15) is 5.10 Å². The van der Waals surface area contributed by atoms with Crippen molar-refractivity contribution < 1.29 is 4.79 Å². The first-order valence-electron chi connectivity index (χ1n) is 6.17. The fourth-order valence-corrected chi connectivity index (χ4v) is 2.60. The molecule has 0 spiro atoms. The lowest BCUT2D eigenvalue weighted by Crippen LogP contribution is -2.21. The van der Waals surface area contributed by atoms with E-state index in [-0.39, 0.29) is 5.91 Å². The summed E-state index contributed by atoms with van der Waals surface area (Å²) in [5, 5.41) is 4.41. The molecule has 2 heterocycles. The summed E-state index contributed by atoms with van der Waals surface area (Å²) in [5.41, 5.74) is 10.8. The number of nitrogens with two attached hydrogens (primary N) is 1. The van der Waals surface area contributed by atoms with Gasteiger partial charge in [0.05, 0.1) is 17.8 Å². The molecule has 0 unspecified atom stereocenters. The predicted octanol–water partition coefficient (Wildman–Crippen LogP) is 1.50. The quantitative estimate of drug-likeness (QED) is 0.841. The molecule has 0 saturated carbocycles. The number of carbonyl (C=O) groups excluding carboxylic acids is 1. The van der Waals surface area contributed by atoms with Crippen LogP contribution < -0.4 is 10.6 Å². The summed E-state index contributed by atoms with van der Waals surface area (Å²) in [4.78, 5) is 13.6. The summed E-state index contributed by atoms with van der Waals surface area (Å²) >= 11 is 0. The van der Waals surface area contributed by atoms with Crippen LogP contribution in [0.5, 0.6) is 0 Å². The lowest BCUT2D eigenvalue weighted by Gasteiger charge is -2.15. The molecule has 0 atom stereocenters. The molecule has 1 aliphatic heterocycles. The molecule has 5 heteroatoms. The number of rotatable bonds is 1. The zero-order valence-electron chi connectivity index (χ0n) is 11.3. The lowest BCUT2D eigenvalue weighted by atomic mass is 10.0. The van der Waals surface area contributed by atoms with Crippen LogP contribution in [-0.4, -0.2) is 22.7 Å². The molecule has 98 valence electrons. The first-order chi connectivity index (χ1) is 8.97. The number of benzene rings is 1. The number of likely N-dealkylation sites (N-methyl/N-ethyl adjacent to an activating group) is 1. The smallest absolute Gasteiger partial charge is 0.231 e. The monoisotopic (exact) mass is 256 g/mol. The Labute approximate surface area is 111 Å². The van der Waals surface area contributed by atoms with Crippen molar-refractivity contribution in [2.75, 3.05) is 17.7 Å². The highest BCUT2D eigenvalue weighted by Gasteiger charge is 2.28. The third-order valence-corrected chi connectivity index (χ3v) is 3.58. The average molecular weight is 256 g/mol. The van der Waals surface area contributed by atoms with E-state index in [0.29, 0.717) is 12.2 Å². The van der Waals surface area contributed by atoms with Gasteiger partial charge in [0.25, 0.3) is 0 Å². The Morgan fingerprint density at radius 1 is 1.26 bits per heavy atom. The highest BCUT2D eigenvalue weighted by atomic mass is 16.2. The van der Waals surface area contributed by atoms with Crippen LogP contribution in [-0.2, 0) is 18.3 Å². The van der Waals surface area contributed by atoms with E-state index in [4.69, 9.17) is 5.73 Å². The molecule has 1 aliphatic rings. The highest BCUT2D eigenvalue weighted by Crippen LogP contribution is 2.38. The Kier molecular flexibility index (Phi) is 2.38. The molecular weight excluding hydrogens is 240 g/mol. The Morgan fingerprint density at radius 2 is 2.00 bits per heavy atom. The number of hydrogen-bond acceptors (Lipinski definition) is 3. The molecule has 0 fully saturated rings. The standard InChI is InChI=1S/C14H16N4O/c1-8-4-9-6-13(19)17(2)14(9)10(5-8)11-7-12(15)18(3)16-11/h4-5,7H,6,15H2,1-3H3. The molecule has 1 aromatic heterocycles. The van der Waals surface area contributed by atoms with Crippen LogP contribution >= 0.6 is 0 Å². The fraction of sp³-hybridized carbons (Fsp3) is 0.286. The van der Waals surface area contributed by atoms with Gasteiger partial charge in [0.15, 0.2) is 0 Å². The van der Waals surface area contributed by atoms with E-state index >= 15 is 0 Å². The van der Waals surface area contributed by atoms with Crippen molar-refractivity contribution in [3.8, 4) is 11.3 Å². The zero-order valence-corrected chi connectivity index (χ0v) is 11.3. The number of nitrogen functional groups attached to an aromatic ring is 1. The van der Waals surface area contributed by atoms with Crippen molar-refractivity contribution in [2.24, 2.45) is 7.05 Å². The molecule has 5 nitrogen and oxygen atoms in total. The summed E-state index contributed by atoms with van der Waals surface area (Å²) in [6.07, 6.45) is 0.461. The number of aryl methyl sites for hydroxylation is 2. The van der Waals surface area contributed by atoms with Gasteiger partial charge < -0.3 is 10.6 Å². The van der Waals surface area contributed by atoms with Crippen LogP contribution in [0.3, 0.4) is 0 Å². The van der Waals surface area contributed by atoms with Crippen molar-refractivity contribution in [2.45, 2.75) is 13.3 Å². The van der Waals surface area contributed by atoms with Crippen molar-refractivity contribution >= 4 is 17.4 Å². The van der Waals surface area contributed by atoms with Gasteiger partial charge >= 0.3 is 0 Å². The Hall–Kier alpha value is -2.30. The maximum atomic E-state index is 11.9. The largest absolute Gasteiger partial charge is 0.384 e. The number of fused-ring (bicyclic) bond motifs is 1. The van der Waals surface area contributed by atoms with E-state index in [0.717, 1.165) is 28.1 Å². The number of aromatic nitrogens is 2. The van der Waals surface area contributed by atoms with E-state index in [9.17, 15) is 4.79 Å². The van der Waals surface area contributed by atoms with Crippen LogP contribution in [0.15, 0.2) is 18.2 Å². The number of nitrogens with zero attached hydrogens (tertiary/aromatic N) is 3. The van der Waals surface area contributed by atoms with Gasteiger partial charge in [0.2, 0.25) is 5.91 Å². The van der Waals surface area contributed by atoms with Crippen LogP contribution in [0.25, 0.3) is 11.3 Å². The second kappa shape index (κ2) is 3.85. The summed E-state index contributed by atoms with van der Waals surface area (Å²) in [7, 11) is 3.61. The van der Waals surface area contributed by atoms with Gasteiger partial charge in [0.1, 0.15) is 5.82 Å². The molecule has 3 rings (SSSR count). The minimum Gasteiger partial charge on any atom is -0.384 e. The van der Waals surface area contributed by atoms with Crippen LogP contribution in [0.1, 0.15) is 11.1 Å². The number of anilines is 2. The van der Waals surface area contributed by atoms with Gasteiger partial charge in [-0.25, -0.2) is 0 Å². The highest BCUT2D eigenvalue weighted by molar-refractivity contribution is 6.05. The lowest BCUT2D eigenvalue weighted by molar-refractivity contribution is -0.117. The van der Waals surface area contributed by atoms with Crippen molar-refractivity contribution in [3.63, 3.8) is 0 Å². The first kappa shape index (κ1) is 11.8. The molecule has 0 aliphatic carbocycles. The van der Waals surface area contributed by atoms with E-state index in [1.807, 2.05) is 20.0 Å². The number of carbonyl (C=O) groups is 1. The van der Waals surface area contributed by atoms with Gasteiger partial charge in [-0.05, 0) is 18.6 Å². The summed E-state index contributed by atoms with van der Waals surface area (Å²) in [5.74, 6) is 0.725. The van der Waals surface area contributed by atoms with Gasteiger partial charge in [-0.15, -0.1) is 0 Å². The Morgan fingerprint density at radius 3 is 2.63 bits per heavy atom. The molecule has 2 aromatic rings. The maximum Gasteiger partial charge on any atom is 0.231 e. The zero-order chi connectivity index (χ0) is 13.7. The Bertz CT molecular complexity index is 667. The molecular formula is C14H16N4O. The predicted molar refractivity (Wildman–Crippen MR) is 74.9 cm³/mol. The molecule has 0 saturated heterocycles. The van der Waals surface area contributed by atoms with Crippen LogP contribution in [0.2, 0.25) is 0 Å². The van der Waals surface area contributed by atoms with Crippen molar-refractivity contribution in [3.05, 3.63) is 29.3 Å². The topological polar surface area (TPSA) is 64.2 Å². The molecule has 2 N–H and O–H groups in total. The number of hydrogen-bond donors (Lipinski definition) is 1. The minimum absolute atomic E-state index is 0.116. The SMILES string of the molecule is Cc1cc2c(c(-c3cc(N)n(C)n3)c1)N(C)C(=O)C2. The van der Waals surface area contributed by atoms with Gasteiger partial charge in [-0.3, -0.25) is 9.48 Å². The summed E-state index contributed by atoms with van der Waals surface area (Å²) in [6.45, 7) is 2.03. The van der Waals surface area contributed by atoms with Crippen LogP contribution in [0, 0.1) is 6.92 Å². The van der Waals surface area contributed by atoms with Crippen molar-refractivity contribution in [1.29, 1.82) is 0 Å². The van der Waals surface area contributed by atoms with E-state index in [2.05, 4.69) is 17.2 Å². The average Bonchev–Trinajstić information content (AvgIpc) is 2.81. The normalized spacial score (nSPS) is 14.1. The second-order valence-electron chi connectivity index (χ2n) is 5.03.